The van der Waals surface area contributed by atoms with Gasteiger partial charge < -0.3 is 19.3 Å². The molecular weight excluding hydrogens is 337 g/mol. The first kappa shape index (κ1) is 17.7. The number of hydrogen-bond acceptors (Lipinski definition) is 5. The van der Waals surface area contributed by atoms with Crippen LogP contribution in [0.3, 0.4) is 0 Å². The van der Waals surface area contributed by atoms with Crippen molar-refractivity contribution in [3.63, 3.8) is 0 Å². The molecule has 0 atom stereocenters. The van der Waals surface area contributed by atoms with Crippen molar-refractivity contribution in [3.05, 3.63) is 30.1 Å². The van der Waals surface area contributed by atoms with Crippen LogP contribution in [0.1, 0.15) is 12.8 Å². The van der Waals surface area contributed by atoms with Crippen molar-refractivity contribution in [2.45, 2.75) is 18.6 Å². The number of para-hydroxylation sites is 1. The lowest BCUT2D eigenvalue weighted by Crippen LogP contribution is -2.53. The molecule has 1 aromatic carbocycles. The summed E-state index contributed by atoms with van der Waals surface area (Å²) in [4.78, 5) is 18.7. The maximum atomic E-state index is 13.9. The van der Waals surface area contributed by atoms with Crippen molar-refractivity contribution in [2.24, 2.45) is 0 Å². The highest BCUT2D eigenvalue weighted by Crippen LogP contribution is 2.31. The summed E-state index contributed by atoms with van der Waals surface area (Å²) in [6.45, 7) is 6.12. The number of carbonyl (C=O) groups excluding carboxylic acids is 1. The Bertz CT molecular complexity index is 633. The smallest absolute Gasteiger partial charge is 0.236 e. The van der Waals surface area contributed by atoms with Crippen LogP contribution in [0.2, 0.25) is 0 Å². The summed E-state index contributed by atoms with van der Waals surface area (Å²) in [5.74, 6) is -0.463. The predicted octanol–water partition coefficient (Wildman–Crippen LogP) is 1.31. The zero-order chi connectivity index (χ0) is 18.0. The van der Waals surface area contributed by atoms with Gasteiger partial charge in [0.05, 0.1) is 25.4 Å². The van der Waals surface area contributed by atoms with Gasteiger partial charge in [-0.25, -0.2) is 4.39 Å². The van der Waals surface area contributed by atoms with Crippen LogP contribution in [-0.2, 0) is 14.3 Å². The Morgan fingerprint density at radius 2 is 1.65 bits per heavy atom. The average molecular weight is 363 g/mol. The van der Waals surface area contributed by atoms with Gasteiger partial charge in [0.25, 0.3) is 0 Å². The minimum absolute atomic E-state index is 0.164. The van der Waals surface area contributed by atoms with E-state index in [1.165, 1.54) is 6.07 Å². The topological polar surface area (TPSA) is 45.3 Å². The molecule has 0 radical (unpaired) electrons. The van der Waals surface area contributed by atoms with Crippen LogP contribution in [0.4, 0.5) is 10.1 Å². The minimum Gasteiger partial charge on any atom is -0.367 e. The number of halogens is 1. The third kappa shape index (κ3) is 3.70. The molecule has 0 aliphatic carbocycles. The molecule has 1 amide bonds. The quantitative estimate of drug-likeness (QED) is 0.810. The highest BCUT2D eigenvalue weighted by molar-refractivity contribution is 5.78. The van der Waals surface area contributed by atoms with E-state index < -0.39 is 5.79 Å². The molecule has 26 heavy (non-hydrogen) atoms. The SMILES string of the molecule is O=C(CN1CCN(c2ccccc2F)CC1)N1CCC2(CC1)OCCO2. The second kappa shape index (κ2) is 7.50. The number of nitrogens with zero attached hydrogens (tertiary/aromatic N) is 3. The molecule has 4 rings (SSSR count). The van der Waals surface area contributed by atoms with Gasteiger partial charge in [-0.1, -0.05) is 12.1 Å². The summed E-state index contributed by atoms with van der Waals surface area (Å²) in [5.41, 5.74) is 0.649. The molecule has 142 valence electrons. The number of carbonyl (C=O) groups is 1. The predicted molar refractivity (Wildman–Crippen MR) is 95.5 cm³/mol. The normalized spacial score (nSPS) is 23.6. The van der Waals surface area contributed by atoms with Gasteiger partial charge in [0.15, 0.2) is 5.79 Å². The van der Waals surface area contributed by atoms with E-state index in [0.717, 1.165) is 39.0 Å². The van der Waals surface area contributed by atoms with Gasteiger partial charge in [-0.15, -0.1) is 0 Å². The Morgan fingerprint density at radius 1 is 1.00 bits per heavy atom. The van der Waals surface area contributed by atoms with Gasteiger partial charge in [-0.3, -0.25) is 9.69 Å². The molecule has 1 spiro atoms. The molecule has 1 aromatic rings. The van der Waals surface area contributed by atoms with Crippen molar-refractivity contribution < 1.29 is 18.7 Å². The maximum absolute atomic E-state index is 13.9. The Balaban J connectivity index is 1.24. The molecular formula is C19H26FN3O3. The number of rotatable bonds is 3. The standard InChI is InChI=1S/C19H26FN3O3/c20-16-3-1-2-4-17(16)22-11-9-21(10-12-22)15-18(24)23-7-5-19(6-8-23)25-13-14-26-19/h1-4H,5-15H2. The first-order chi connectivity index (χ1) is 12.7. The van der Waals surface area contributed by atoms with Crippen molar-refractivity contribution >= 4 is 11.6 Å². The molecule has 0 aromatic heterocycles. The zero-order valence-corrected chi connectivity index (χ0v) is 15.0. The zero-order valence-electron chi connectivity index (χ0n) is 15.0. The minimum atomic E-state index is -0.442. The number of piperazine rings is 1. The van der Waals surface area contributed by atoms with Crippen molar-refractivity contribution in [2.75, 3.05) is 63.9 Å². The number of benzene rings is 1. The van der Waals surface area contributed by atoms with Gasteiger partial charge in [0.1, 0.15) is 5.82 Å². The van der Waals surface area contributed by atoms with Crippen molar-refractivity contribution in [3.8, 4) is 0 Å². The number of hydrogen-bond donors (Lipinski definition) is 0. The summed E-state index contributed by atoms with van der Waals surface area (Å²) in [7, 11) is 0. The van der Waals surface area contributed by atoms with Gasteiger partial charge in [0.2, 0.25) is 5.91 Å². The van der Waals surface area contributed by atoms with E-state index in [1.807, 2.05) is 17.0 Å². The number of amides is 1. The summed E-state index contributed by atoms with van der Waals surface area (Å²) in [6, 6.07) is 6.87. The highest BCUT2D eigenvalue weighted by Gasteiger charge is 2.40. The van der Waals surface area contributed by atoms with Crippen molar-refractivity contribution in [1.82, 2.24) is 9.80 Å². The largest absolute Gasteiger partial charge is 0.367 e. The summed E-state index contributed by atoms with van der Waals surface area (Å²) in [5, 5.41) is 0. The fourth-order valence-corrected chi connectivity index (χ4v) is 4.03. The van der Waals surface area contributed by atoms with Gasteiger partial charge in [-0.2, -0.15) is 0 Å². The summed E-state index contributed by atoms with van der Waals surface area (Å²) in [6.07, 6.45) is 1.50. The average Bonchev–Trinajstić information content (AvgIpc) is 3.11. The van der Waals surface area contributed by atoms with E-state index in [4.69, 9.17) is 9.47 Å². The first-order valence-electron chi connectivity index (χ1n) is 9.43. The molecule has 0 N–H and O–H groups in total. The van der Waals surface area contributed by atoms with Crippen LogP contribution in [0.15, 0.2) is 24.3 Å². The molecule has 3 heterocycles. The number of likely N-dealkylation sites (tertiary alicyclic amines) is 1. The number of piperidine rings is 1. The molecule has 3 saturated heterocycles. The fourth-order valence-electron chi connectivity index (χ4n) is 4.03. The van der Waals surface area contributed by atoms with Crippen molar-refractivity contribution in [1.29, 1.82) is 0 Å². The van der Waals surface area contributed by atoms with Gasteiger partial charge >= 0.3 is 0 Å². The molecule has 0 unspecified atom stereocenters. The maximum Gasteiger partial charge on any atom is 0.236 e. The Labute approximate surface area is 153 Å². The molecule has 6 nitrogen and oxygen atoms in total. The van der Waals surface area contributed by atoms with Crippen LogP contribution < -0.4 is 4.90 Å². The van der Waals surface area contributed by atoms with Crippen LogP contribution in [-0.4, -0.2) is 80.5 Å². The van der Waals surface area contributed by atoms with E-state index in [1.54, 1.807) is 6.07 Å². The van der Waals surface area contributed by atoms with Crippen LogP contribution in [0.5, 0.6) is 0 Å². The molecule has 0 bridgehead atoms. The fraction of sp³-hybridized carbons (Fsp3) is 0.632. The monoisotopic (exact) mass is 363 g/mol. The molecule has 3 aliphatic heterocycles. The lowest BCUT2D eigenvalue weighted by Gasteiger charge is -2.39. The van der Waals surface area contributed by atoms with E-state index in [9.17, 15) is 9.18 Å². The van der Waals surface area contributed by atoms with Gasteiger partial charge in [-0.05, 0) is 12.1 Å². The lowest BCUT2D eigenvalue weighted by atomic mass is 10.0. The third-order valence-corrected chi connectivity index (χ3v) is 5.62. The van der Waals surface area contributed by atoms with Crippen LogP contribution >= 0.6 is 0 Å². The second-order valence-electron chi connectivity index (χ2n) is 7.20. The van der Waals surface area contributed by atoms with Crippen LogP contribution in [0.25, 0.3) is 0 Å². The molecule has 3 fully saturated rings. The Hall–Kier alpha value is -1.70. The Morgan fingerprint density at radius 3 is 2.31 bits per heavy atom. The summed E-state index contributed by atoms with van der Waals surface area (Å²) < 4.78 is 25.3. The second-order valence-corrected chi connectivity index (χ2v) is 7.20. The summed E-state index contributed by atoms with van der Waals surface area (Å²) >= 11 is 0. The molecule has 0 saturated carbocycles. The van der Waals surface area contributed by atoms with Crippen LogP contribution in [0, 0.1) is 5.82 Å². The third-order valence-electron chi connectivity index (χ3n) is 5.62. The number of anilines is 1. The lowest BCUT2D eigenvalue weighted by molar-refractivity contribution is -0.187. The highest BCUT2D eigenvalue weighted by atomic mass is 19.1. The molecule has 3 aliphatic rings. The van der Waals surface area contributed by atoms with E-state index in [0.29, 0.717) is 38.5 Å². The first-order valence-corrected chi connectivity index (χ1v) is 9.43. The van der Waals surface area contributed by atoms with E-state index >= 15 is 0 Å². The number of ether oxygens (including phenoxy) is 2. The van der Waals surface area contributed by atoms with E-state index in [2.05, 4.69) is 9.80 Å². The molecule has 7 heteroatoms. The van der Waals surface area contributed by atoms with Gasteiger partial charge in [0, 0.05) is 52.1 Å². The Kier molecular flexibility index (Phi) is 5.11. The van der Waals surface area contributed by atoms with E-state index in [-0.39, 0.29) is 11.7 Å².